The largest absolute Gasteiger partial charge is 0.339 e. The highest BCUT2D eigenvalue weighted by molar-refractivity contribution is 6.30. The van der Waals surface area contributed by atoms with Gasteiger partial charge in [-0.1, -0.05) is 41.4 Å². The summed E-state index contributed by atoms with van der Waals surface area (Å²) in [6.07, 6.45) is 1.19. The Hall–Kier alpha value is -2.33. The number of aryl methyl sites for hydroxylation is 2. The minimum absolute atomic E-state index is 0.0435. The molecule has 4 nitrogen and oxygen atoms in total. The maximum atomic E-state index is 12.6. The van der Waals surface area contributed by atoms with Crippen LogP contribution in [0.15, 0.2) is 48.5 Å². The van der Waals surface area contributed by atoms with Gasteiger partial charge >= 0.3 is 0 Å². The van der Waals surface area contributed by atoms with E-state index in [9.17, 15) is 9.59 Å². The van der Waals surface area contributed by atoms with Crippen LogP contribution in [0.2, 0.25) is 5.02 Å². The van der Waals surface area contributed by atoms with Gasteiger partial charge in [0, 0.05) is 43.2 Å². The van der Waals surface area contributed by atoms with Gasteiger partial charge in [0.2, 0.25) is 5.91 Å². The van der Waals surface area contributed by atoms with Crippen LogP contribution in [0.3, 0.4) is 0 Å². The SMILES string of the molecule is Cc1cccc(C(=O)N2CCN(C(=O)CCc3ccc(Cl)cc3)CC2)c1. The van der Waals surface area contributed by atoms with E-state index in [1.807, 2.05) is 65.3 Å². The van der Waals surface area contributed by atoms with Gasteiger partial charge in [-0.25, -0.2) is 0 Å². The van der Waals surface area contributed by atoms with Crippen molar-refractivity contribution >= 4 is 23.4 Å². The molecule has 1 saturated heterocycles. The molecule has 1 heterocycles. The molecule has 0 atom stereocenters. The van der Waals surface area contributed by atoms with E-state index in [2.05, 4.69) is 0 Å². The van der Waals surface area contributed by atoms with Crippen molar-refractivity contribution in [1.82, 2.24) is 9.80 Å². The topological polar surface area (TPSA) is 40.6 Å². The van der Waals surface area contributed by atoms with Gasteiger partial charge in [-0.3, -0.25) is 9.59 Å². The van der Waals surface area contributed by atoms with Crippen LogP contribution in [0.1, 0.15) is 27.9 Å². The van der Waals surface area contributed by atoms with E-state index in [0.717, 1.165) is 11.1 Å². The van der Waals surface area contributed by atoms with E-state index in [0.29, 0.717) is 49.6 Å². The molecule has 0 spiro atoms. The molecule has 2 amide bonds. The second kappa shape index (κ2) is 8.37. The Kier molecular flexibility index (Phi) is 5.94. The Balaban J connectivity index is 1.49. The number of hydrogen-bond donors (Lipinski definition) is 0. The average Bonchev–Trinajstić information content (AvgIpc) is 2.67. The van der Waals surface area contributed by atoms with E-state index in [4.69, 9.17) is 11.6 Å². The summed E-state index contributed by atoms with van der Waals surface area (Å²) in [5.41, 5.74) is 2.90. The monoisotopic (exact) mass is 370 g/mol. The molecule has 0 saturated carbocycles. The van der Waals surface area contributed by atoms with Gasteiger partial charge in [-0.2, -0.15) is 0 Å². The third-order valence-electron chi connectivity index (χ3n) is 4.73. The van der Waals surface area contributed by atoms with Crippen molar-refractivity contribution in [3.05, 3.63) is 70.2 Å². The maximum Gasteiger partial charge on any atom is 0.253 e. The summed E-state index contributed by atoms with van der Waals surface area (Å²) in [4.78, 5) is 28.7. The summed E-state index contributed by atoms with van der Waals surface area (Å²) in [7, 11) is 0. The lowest BCUT2D eigenvalue weighted by atomic mass is 10.1. The highest BCUT2D eigenvalue weighted by Gasteiger charge is 2.24. The predicted octanol–water partition coefficient (Wildman–Crippen LogP) is 3.57. The third-order valence-corrected chi connectivity index (χ3v) is 4.98. The van der Waals surface area contributed by atoms with Gasteiger partial charge in [-0.05, 0) is 43.2 Å². The highest BCUT2D eigenvalue weighted by Crippen LogP contribution is 2.14. The predicted molar refractivity (Wildman–Crippen MR) is 103 cm³/mol. The quantitative estimate of drug-likeness (QED) is 0.825. The van der Waals surface area contributed by atoms with Gasteiger partial charge in [0.1, 0.15) is 0 Å². The first-order chi connectivity index (χ1) is 12.5. The Morgan fingerprint density at radius 1 is 0.962 bits per heavy atom. The zero-order valence-corrected chi connectivity index (χ0v) is 15.7. The van der Waals surface area contributed by atoms with E-state index in [-0.39, 0.29) is 11.8 Å². The molecule has 1 aliphatic heterocycles. The first kappa shape index (κ1) is 18.5. The zero-order chi connectivity index (χ0) is 18.5. The molecule has 0 aliphatic carbocycles. The minimum Gasteiger partial charge on any atom is -0.339 e. The summed E-state index contributed by atoms with van der Waals surface area (Å²) in [5.74, 6) is 0.185. The summed E-state index contributed by atoms with van der Waals surface area (Å²) in [6.45, 7) is 4.33. The summed E-state index contributed by atoms with van der Waals surface area (Å²) in [6, 6.07) is 15.2. The molecule has 0 radical (unpaired) electrons. The van der Waals surface area contributed by atoms with Crippen molar-refractivity contribution in [1.29, 1.82) is 0 Å². The molecular weight excluding hydrogens is 348 g/mol. The molecule has 0 N–H and O–H groups in total. The number of nitrogens with zero attached hydrogens (tertiary/aromatic N) is 2. The second-order valence-electron chi connectivity index (χ2n) is 6.67. The van der Waals surface area contributed by atoms with E-state index < -0.39 is 0 Å². The van der Waals surface area contributed by atoms with Crippen LogP contribution in [-0.2, 0) is 11.2 Å². The number of rotatable bonds is 4. The normalized spacial score (nSPS) is 14.4. The standard InChI is InChI=1S/C21H23ClN2O2/c1-16-3-2-4-18(15-16)21(26)24-13-11-23(12-14-24)20(25)10-7-17-5-8-19(22)9-6-17/h2-6,8-9,15H,7,10-14H2,1H3. The van der Waals surface area contributed by atoms with Crippen LogP contribution in [-0.4, -0.2) is 47.8 Å². The third kappa shape index (κ3) is 4.64. The van der Waals surface area contributed by atoms with Crippen LogP contribution in [0.25, 0.3) is 0 Å². The van der Waals surface area contributed by atoms with Crippen molar-refractivity contribution in [3.8, 4) is 0 Å². The Morgan fingerprint density at radius 2 is 1.62 bits per heavy atom. The minimum atomic E-state index is 0.0435. The number of halogens is 1. The first-order valence-corrected chi connectivity index (χ1v) is 9.29. The molecule has 2 aromatic carbocycles. The fourth-order valence-electron chi connectivity index (χ4n) is 3.18. The molecule has 136 valence electrons. The van der Waals surface area contributed by atoms with Crippen LogP contribution >= 0.6 is 11.6 Å². The van der Waals surface area contributed by atoms with Crippen LogP contribution < -0.4 is 0 Å². The lowest BCUT2D eigenvalue weighted by Gasteiger charge is -2.35. The maximum absolute atomic E-state index is 12.6. The average molecular weight is 371 g/mol. The van der Waals surface area contributed by atoms with Crippen molar-refractivity contribution in [2.75, 3.05) is 26.2 Å². The Morgan fingerprint density at radius 3 is 2.27 bits per heavy atom. The van der Waals surface area contributed by atoms with Crippen molar-refractivity contribution < 1.29 is 9.59 Å². The highest BCUT2D eigenvalue weighted by atomic mass is 35.5. The number of hydrogen-bond acceptors (Lipinski definition) is 2. The molecule has 1 fully saturated rings. The molecular formula is C21H23ClN2O2. The fraction of sp³-hybridized carbons (Fsp3) is 0.333. The lowest BCUT2D eigenvalue weighted by molar-refractivity contribution is -0.132. The number of piperazine rings is 1. The van der Waals surface area contributed by atoms with Crippen LogP contribution in [0, 0.1) is 6.92 Å². The molecule has 2 aromatic rings. The number of carbonyl (C=O) groups excluding carboxylic acids is 2. The van der Waals surface area contributed by atoms with Gasteiger partial charge in [0.15, 0.2) is 0 Å². The zero-order valence-electron chi connectivity index (χ0n) is 15.0. The summed E-state index contributed by atoms with van der Waals surface area (Å²) < 4.78 is 0. The van der Waals surface area contributed by atoms with E-state index in [1.165, 1.54) is 0 Å². The molecule has 0 unspecified atom stereocenters. The Bertz CT molecular complexity index is 781. The van der Waals surface area contributed by atoms with Crippen LogP contribution in [0.4, 0.5) is 0 Å². The van der Waals surface area contributed by atoms with Gasteiger partial charge in [0.25, 0.3) is 5.91 Å². The van der Waals surface area contributed by atoms with Crippen molar-refractivity contribution in [2.45, 2.75) is 19.8 Å². The fourth-order valence-corrected chi connectivity index (χ4v) is 3.31. The van der Waals surface area contributed by atoms with E-state index >= 15 is 0 Å². The first-order valence-electron chi connectivity index (χ1n) is 8.91. The van der Waals surface area contributed by atoms with Crippen molar-refractivity contribution in [3.63, 3.8) is 0 Å². The second-order valence-corrected chi connectivity index (χ2v) is 7.11. The van der Waals surface area contributed by atoms with Crippen molar-refractivity contribution in [2.24, 2.45) is 0 Å². The molecule has 3 rings (SSSR count). The molecule has 0 aromatic heterocycles. The number of amides is 2. The summed E-state index contributed by atoms with van der Waals surface area (Å²) in [5, 5.41) is 0.703. The molecule has 1 aliphatic rings. The number of carbonyl (C=O) groups is 2. The Labute approximate surface area is 159 Å². The van der Waals surface area contributed by atoms with Crippen LogP contribution in [0.5, 0.6) is 0 Å². The van der Waals surface area contributed by atoms with E-state index in [1.54, 1.807) is 0 Å². The molecule has 0 bridgehead atoms. The van der Waals surface area contributed by atoms with Gasteiger partial charge in [0.05, 0.1) is 0 Å². The summed E-state index contributed by atoms with van der Waals surface area (Å²) >= 11 is 5.88. The smallest absolute Gasteiger partial charge is 0.253 e. The number of benzene rings is 2. The van der Waals surface area contributed by atoms with Gasteiger partial charge < -0.3 is 9.80 Å². The molecule has 5 heteroatoms. The molecule has 26 heavy (non-hydrogen) atoms. The lowest BCUT2D eigenvalue weighted by Crippen LogP contribution is -2.50. The van der Waals surface area contributed by atoms with Gasteiger partial charge in [-0.15, -0.1) is 0 Å².